The molecule has 2 bridgehead atoms. The highest BCUT2D eigenvalue weighted by atomic mass is 127. The van der Waals surface area contributed by atoms with Crippen LogP contribution in [0, 0.1) is 21.3 Å². The predicted molar refractivity (Wildman–Crippen MR) is 117 cm³/mol. The molecule has 0 saturated heterocycles. The Labute approximate surface area is 171 Å². The van der Waals surface area contributed by atoms with E-state index in [4.69, 9.17) is 0 Å². The van der Waals surface area contributed by atoms with Gasteiger partial charge in [-0.3, -0.25) is 0 Å². The Balaban J connectivity index is 1.59. The van der Waals surface area contributed by atoms with Gasteiger partial charge in [-0.25, -0.2) is 13.1 Å². The van der Waals surface area contributed by atoms with E-state index >= 15 is 0 Å². The number of unbranched alkanes of at least 4 members (excludes halogenated alkanes) is 2. The average molecular weight is 485 g/mol. The van der Waals surface area contributed by atoms with Crippen molar-refractivity contribution in [3.63, 3.8) is 0 Å². The van der Waals surface area contributed by atoms with Crippen molar-refractivity contribution in [1.82, 2.24) is 4.72 Å². The smallest absolute Gasteiger partial charge is 0.208 e. The molecule has 0 radical (unpaired) electrons. The highest BCUT2D eigenvalue weighted by molar-refractivity contribution is 14.1. The third-order valence-corrected chi connectivity index (χ3v) is 7.44. The van der Waals surface area contributed by atoms with Crippen LogP contribution in [-0.2, 0) is 10.0 Å². The van der Waals surface area contributed by atoms with Crippen molar-refractivity contribution in [1.29, 1.82) is 0 Å². The molecule has 0 aliphatic heterocycles. The molecule has 0 aromatic heterocycles. The molecule has 26 heavy (non-hydrogen) atoms. The van der Waals surface area contributed by atoms with E-state index in [0.29, 0.717) is 17.8 Å². The summed E-state index contributed by atoms with van der Waals surface area (Å²) in [6, 6.07) is 7.91. The quantitative estimate of drug-likeness (QED) is 0.307. The maximum atomic E-state index is 12.5. The molecule has 4 unspecified atom stereocenters. The highest BCUT2D eigenvalue weighted by Gasteiger charge is 2.46. The summed E-state index contributed by atoms with van der Waals surface area (Å²) in [5, 5.41) is 1.31. The molecule has 2 aliphatic carbocycles. The molecule has 2 saturated carbocycles. The van der Waals surface area contributed by atoms with Gasteiger partial charge in [0, 0.05) is 15.0 Å². The van der Waals surface area contributed by atoms with E-state index in [-0.39, 0.29) is 6.04 Å². The molecule has 2 aliphatic rings. The topological polar surface area (TPSA) is 46.2 Å². The monoisotopic (exact) mass is 485 g/mol. The number of sulfonamides is 1. The fraction of sp³-hybridized carbons (Fsp3) is 0.524. The molecule has 2 fully saturated rings. The molecule has 142 valence electrons. The molecular formula is C21H28INO2S. The fourth-order valence-electron chi connectivity index (χ4n) is 4.35. The van der Waals surface area contributed by atoms with Crippen LogP contribution in [0.4, 0.5) is 0 Å². The van der Waals surface area contributed by atoms with Crippen molar-refractivity contribution in [2.45, 2.75) is 51.5 Å². The van der Waals surface area contributed by atoms with E-state index in [1.54, 1.807) is 6.08 Å². The van der Waals surface area contributed by atoms with Crippen LogP contribution in [0.1, 0.15) is 51.0 Å². The number of halogens is 1. The van der Waals surface area contributed by atoms with Gasteiger partial charge in [0.15, 0.2) is 0 Å². The zero-order valence-corrected chi connectivity index (χ0v) is 18.2. The molecule has 1 N–H and O–H groups in total. The fourth-order valence-corrected chi connectivity index (χ4v) is 5.81. The van der Waals surface area contributed by atoms with Crippen molar-refractivity contribution in [3.8, 4) is 0 Å². The first-order valence-corrected chi connectivity index (χ1v) is 12.2. The minimum atomic E-state index is -3.40. The molecule has 3 nitrogen and oxygen atoms in total. The van der Waals surface area contributed by atoms with Gasteiger partial charge in [-0.05, 0) is 89.8 Å². The summed E-state index contributed by atoms with van der Waals surface area (Å²) < 4.78 is 29.1. The van der Waals surface area contributed by atoms with Crippen molar-refractivity contribution >= 4 is 38.7 Å². The average Bonchev–Trinajstić information content (AvgIpc) is 3.18. The van der Waals surface area contributed by atoms with E-state index in [9.17, 15) is 8.42 Å². The summed E-state index contributed by atoms with van der Waals surface area (Å²) in [7, 11) is -3.40. The molecular weight excluding hydrogens is 457 g/mol. The second-order valence-electron chi connectivity index (χ2n) is 7.59. The largest absolute Gasteiger partial charge is 0.233 e. The molecule has 1 aromatic rings. The summed E-state index contributed by atoms with van der Waals surface area (Å²) in [6.45, 7) is 2.21. The number of nitrogens with one attached hydrogen (secondary N) is 1. The number of allylic oxidation sites excluding steroid dienone is 2. The van der Waals surface area contributed by atoms with Gasteiger partial charge in [0.2, 0.25) is 10.0 Å². The molecule has 0 spiro atoms. The lowest BCUT2D eigenvalue weighted by Crippen LogP contribution is -2.40. The van der Waals surface area contributed by atoms with Crippen molar-refractivity contribution in [2.24, 2.45) is 17.8 Å². The Hall–Kier alpha value is -0.660. The van der Waals surface area contributed by atoms with Gasteiger partial charge in [-0.2, -0.15) is 0 Å². The Bertz CT molecular complexity index is 755. The van der Waals surface area contributed by atoms with Crippen LogP contribution < -0.4 is 4.72 Å². The van der Waals surface area contributed by atoms with Crippen LogP contribution in [0.5, 0.6) is 0 Å². The van der Waals surface area contributed by atoms with Gasteiger partial charge >= 0.3 is 0 Å². The van der Waals surface area contributed by atoms with Crippen LogP contribution in [0.3, 0.4) is 0 Å². The van der Waals surface area contributed by atoms with Crippen LogP contribution in [0.2, 0.25) is 0 Å². The van der Waals surface area contributed by atoms with Crippen LogP contribution in [0.15, 0.2) is 41.8 Å². The van der Waals surface area contributed by atoms with E-state index in [2.05, 4.69) is 46.4 Å². The zero-order chi connectivity index (χ0) is 18.6. The third-order valence-electron chi connectivity index (χ3n) is 5.60. The number of hydrogen-bond donors (Lipinski definition) is 1. The van der Waals surface area contributed by atoms with Crippen molar-refractivity contribution in [2.75, 3.05) is 0 Å². The standard InChI is InChI=1S/C21H28INO2S/c1-2-3-4-5-6-18-13-17-14-20(18)21(15-17)23-26(24,25)12-11-16-7-9-19(22)10-8-16/h5-12,17-18,20-21,23H,2-4,13-15H2,1H3. The summed E-state index contributed by atoms with van der Waals surface area (Å²) in [5.41, 5.74) is 0.903. The lowest BCUT2D eigenvalue weighted by Gasteiger charge is -2.27. The van der Waals surface area contributed by atoms with E-state index in [0.717, 1.165) is 28.4 Å². The lowest BCUT2D eigenvalue weighted by molar-refractivity contribution is 0.327. The van der Waals surface area contributed by atoms with Gasteiger partial charge in [0.25, 0.3) is 0 Å². The SMILES string of the molecule is CCCCC=CC1CC2CC(NS(=O)(=O)C=Cc3ccc(I)cc3)C1C2. The third kappa shape index (κ3) is 5.42. The Morgan fingerprint density at radius 3 is 2.65 bits per heavy atom. The zero-order valence-electron chi connectivity index (χ0n) is 15.3. The van der Waals surface area contributed by atoms with E-state index in [1.807, 2.05) is 24.3 Å². The molecule has 0 heterocycles. The molecule has 4 atom stereocenters. The minimum Gasteiger partial charge on any atom is -0.208 e. The van der Waals surface area contributed by atoms with E-state index < -0.39 is 10.0 Å². The Kier molecular flexibility index (Phi) is 6.97. The Morgan fingerprint density at radius 1 is 1.19 bits per heavy atom. The van der Waals surface area contributed by atoms with Crippen molar-refractivity contribution in [3.05, 3.63) is 51.0 Å². The number of hydrogen-bond acceptors (Lipinski definition) is 2. The van der Waals surface area contributed by atoms with Gasteiger partial charge in [-0.1, -0.05) is 44.1 Å². The predicted octanol–water partition coefficient (Wildman–Crippen LogP) is 5.34. The number of fused-ring (bicyclic) bond motifs is 2. The van der Waals surface area contributed by atoms with Crippen LogP contribution in [0.25, 0.3) is 6.08 Å². The van der Waals surface area contributed by atoms with Gasteiger partial charge in [0.05, 0.1) is 0 Å². The first kappa shape index (κ1) is 20.1. The van der Waals surface area contributed by atoms with Crippen LogP contribution >= 0.6 is 22.6 Å². The maximum absolute atomic E-state index is 12.5. The van der Waals surface area contributed by atoms with Crippen LogP contribution in [-0.4, -0.2) is 14.5 Å². The first-order valence-electron chi connectivity index (χ1n) is 9.59. The normalized spacial score (nSPS) is 28.5. The molecule has 5 heteroatoms. The summed E-state index contributed by atoms with van der Waals surface area (Å²) in [6.07, 6.45) is 13.3. The lowest BCUT2D eigenvalue weighted by atomic mass is 9.85. The number of rotatable bonds is 8. The molecule has 3 rings (SSSR count). The first-order chi connectivity index (χ1) is 12.5. The summed E-state index contributed by atoms with van der Waals surface area (Å²) >= 11 is 2.24. The molecule has 0 amide bonds. The maximum Gasteiger partial charge on any atom is 0.233 e. The van der Waals surface area contributed by atoms with Gasteiger partial charge < -0.3 is 0 Å². The van der Waals surface area contributed by atoms with Gasteiger partial charge in [-0.15, -0.1) is 0 Å². The summed E-state index contributed by atoms with van der Waals surface area (Å²) in [5.74, 6) is 1.67. The second kappa shape index (κ2) is 9.02. The van der Waals surface area contributed by atoms with Crippen molar-refractivity contribution < 1.29 is 8.42 Å². The second-order valence-corrected chi connectivity index (χ2v) is 10.4. The Morgan fingerprint density at radius 2 is 1.96 bits per heavy atom. The van der Waals surface area contributed by atoms with E-state index in [1.165, 1.54) is 24.7 Å². The minimum absolute atomic E-state index is 0.0842. The van der Waals surface area contributed by atoms with Gasteiger partial charge in [0.1, 0.15) is 0 Å². The molecule has 1 aromatic carbocycles. The summed E-state index contributed by atoms with van der Waals surface area (Å²) in [4.78, 5) is 0. The highest BCUT2D eigenvalue weighted by Crippen LogP contribution is 2.49. The number of benzene rings is 1.